The number of nitrogens with two attached hydrogens (primary N) is 1. The lowest BCUT2D eigenvalue weighted by Crippen LogP contribution is -2.13. The van der Waals surface area contributed by atoms with E-state index in [-0.39, 0.29) is 5.84 Å². The molecule has 0 amide bonds. The van der Waals surface area contributed by atoms with Crippen LogP contribution in [0.5, 0.6) is 11.5 Å². The molecule has 0 fully saturated rings. The summed E-state index contributed by atoms with van der Waals surface area (Å²) in [4.78, 5) is 0. The van der Waals surface area contributed by atoms with Crippen LogP contribution in [0.3, 0.4) is 0 Å². The Labute approximate surface area is 112 Å². The number of hydrogen-bond acceptors (Lipinski definition) is 3. The van der Waals surface area contributed by atoms with Gasteiger partial charge in [-0.3, -0.25) is 5.41 Å². The number of rotatable bonds is 5. The molecule has 0 spiro atoms. The van der Waals surface area contributed by atoms with E-state index in [1.165, 1.54) is 0 Å². The minimum absolute atomic E-state index is 0.0154. The minimum atomic E-state index is -0.0154. The first-order valence-electron chi connectivity index (χ1n) is 5.90. The maximum absolute atomic E-state index is 7.53. The van der Waals surface area contributed by atoms with Gasteiger partial charge in [0.25, 0.3) is 0 Å². The summed E-state index contributed by atoms with van der Waals surface area (Å²) in [6.07, 6.45) is 0. The number of benzene rings is 2. The van der Waals surface area contributed by atoms with Gasteiger partial charge in [-0.05, 0) is 29.8 Å². The van der Waals surface area contributed by atoms with Crippen LogP contribution < -0.4 is 15.2 Å². The molecular weight excluding hydrogens is 240 g/mol. The molecule has 0 unspecified atom stereocenters. The van der Waals surface area contributed by atoms with E-state index in [1.54, 1.807) is 13.2 Å². The average molecular weight is 256 g/mol. The third kappa shape index (κ3) is 3.25. The molecule has 4 nitrogen and oxygen atoms in total. The molecule has 19 heavy (non-hydrogen) atoms. The van der Waals surface area contributed by atoms with Gasteiger partial charge < -0.3 is 15.2 Å². The van der Waals surface area contributed by atoms with Gasteiger partial charge in [-0.1, -0.05) is 24.3 Å². The summed E-state index contributed by atoms with van der Waals surface area (Å²) in [5.74, 6) is 1.39. The first kappa shape index (κ1) is 13.0. The predicted molar refractivity (Wildman–Crippen MR) is 74.8 cm³/mol. The summed E-state index contributed by atoms with van der Waals surface area (Å²) >= 11 is 0. The zero-order chi connectivity index (χ0) is 13.7. The molecule has 0 aromatic heterocycles. The Morgan fingerprint density at radius 2 is 1.89 bits per heavy atom. The van der Waals surface area contributed by atoms with Crippen molar-refractivity contribution in [1.29, 1.82) is 5.41 Å². The van der Waals surface area contributed by atoms with Gasteiger partial charge in [0, 0.05) is 0 Å². The van der Waals surface area contributed by atoms with E-state index >= 15 is 0 Å². The molecule has 0 bridgehead atoms. The van der Waals surface area contributed by atoms with E-state index in [0.717, 1.165) is 11.3 Å². The molecule has 3 N–H and O–H groups in total. The molecule has 2 aromatic carbocycles. The van der Waals surface area contributed by atoms with Crippen LogP contribution in [0, 0.1) is 5.41 Å². The van der Waals surface area contributed by atoms with Crippen molar-refractivity contribution in [3.63, 3.8) is 0 Å². The lowest BCUT2D eigenvalue weighted by atomic mass is 10.1. The summed E-state index contributed by atoms with van der Waals surface area (Å²) in [6, 6.07) is 15.1. The first-order valence-corrected chi connectivity index (χ1v) is 5.90. The monoisotopic (exact) mass is 256 g/mol. The van der Waals surface area contributed by atoms with Crippen molar-refractivity contribution in [3.8, 4) is 11.5 Å². The van der Waals surface area contributed by atoms with Crippen LogP contribution in [0.15, 0.2) is 48.5 Å². The standard InChI is InChI=1S/C15H16N2O2/c1-18-14-8-7-11(9-13(14)15(16)17)10-19-12-5-3-2-4-6-12/h2-9H,10H2,1H3,(H3,16,17). The molecule has 2 rings (SSSR count). The number of hydrogen-bond donors (Lipinski definition) is 2. The zero-order valence-electron chi connectivity index (χ0n) is 10.7. The summed E-state index contributed by atoms with van der Waals surface area (Å²) < 4.78 is 10.8. The molecule has 98 valence electrons. The lowest BCUT2D eigenvalue weighted by molar-refractivity contribution is 0.306. The van der Waals surface area contributed by atoms with Crippen molar-refractivity contribution in [3.05, 3.63) is 59.7 Å². The molecule has 0 aliphatic rings. The third-order valence-corrected chi connectivity index (χ3v) is 2.70. The molecule has 0 aliphatic heterocycles. The maximum Gasteiger partial charge on any atom is 0.129 e. The van der Waals surface area contributed by atoms with Crippen LogP contribution in [0.1, 0.15) is 11.1 Å². The SMILES string of the molecule is COc1ccc(COc2ccccc2)cc1C(=N)N. The normalized spacial score (nSPS) is 9.95. The maximum atomic E-state index is 7.53. The number of nitrogen functional groups attached to an aromatic ring is 1. The van der Waals surface area contributed by atoms with Crippen molar-refractivity contribution in [2.24, 2.45) is 5.73 Å². The molecule has 2 aromatic rings. The van der Waals surface area contributed by atoms with Gasteiger partial charge in [0.05, 0.1) is 12.7 Å². The Morgan fingerprint density at radius 1 is 1.16 bits per heavy atom. The highest BCUT2D eigenvalue weighted by atomic mass is 16.5. The van der Waals surface area contributed by atoms with Crippen LogP contribution in [0.25, 0.3) is 0 Å². The molecule has 0 saturated carbocycles. The smallest absolute Gasteiger partial charge is 0.129 e. The summed E-state index contributed by atoms with van der Waals surface area (Å²) in [5.41, 5.74) is 7.05. The van der Waals surface area contributed by atoms with E-state index in [0.29, 0.717) is 17.9 Å². The summed E-state index contributed by atoms with van der Waals surface area (Å²) in [6.45, 7) is 0.425. The van der Waals surface area contributed by atoms with Crippen LogP contribution >= 0.6 is 0 Å². The molecule has 0 atom stereocenters. The van der Waals surface area contributed by atoms with Gasteiger partial charge in [-0.2, -0.15) is 0 Å². The topological polar surface area (TPSA) is 68.3 Å². The van der Waals surface area contributed by atoms with Crippen molar-refractivity contribution >= 4 is 5.84 Å². The molecule has 0 heterocycles. The molecule has 0 saturated heterocycles. The lowest BCUT2D eigenvalue weighted by Gasteiger charge is -2.10. The van der Waals surface area contributed by atoms with Crippen LogP contribution in [0.4, 0.5) is 0 Å². The fraction of sp³-hybridized carbons (Fsp3) is 0.133. The second kappa shape index (κ2) is 5.91. The van der Waals surface area contributed by atoms with E-state index in [4.69, 9.17) is 20.6 Å². The van der Waals surface area contributed by atoms with E-state index in [2.05, 4.69) is 0 Å². The van der Waals surface area contributed by atoms with Crippen molar-refractivity contribution < 1.29 is 9.47 Å². The number of methoxy groups -OCH3 is 1. The Morgan fingerprint density at radius 3 is 2.53 bits per heavy atom. The Bertz CT molecular complexity index is 568. The third-order valence-electron chi connectivity index (χ3n) is 2.70. The van der Waals surface area contributed by atoms with E-state index in [9.17, 15) is 0 Å². The molecule has 4 heteroatoms. The summed E-state index contributed by atoms with van der Waals surface area (Å²) in [5, 5.41) is 7.53. The second-order valence-corrected chi connectivity index (χ2v) is 4.05. The fourth-order valence-electron chi connectivity index (χ4n) is 1.74. The second-order valence-electron chi connectivity index (χ2n) is 4.05. The first-order chi connectivity index (χ1) is 9.20. The number of amidine groups is 1. The molecule has 0 aliphatic carbocycles. The molecule has 0 radical (unpaired) electrons. The molecular formula is C15H16N2O2. The van der Waals surface area contributed by atoms with Crippen LogP contribution in [-0.4, -0.2) is 12.9 Å². The fourth-order valence-corrected chi connectivity index (χ4v) is 1.74. The van der Waals surface area contributed by atoms with Gasteiger partial charge in [-0.25, -0.2) is 0 Å². The van der Waals surface area contributed by atoms with Crippen LogP contribution in [0.2, 0.25) is 0 Å². The zero-order valence-corrected chi connectivity index (χ0v) is 10.7. The highest BCUT2D eigenvalue weighted by Gasteiger charge is 2.07. The quantitative estimate of drug-likeness (QED) is 0.638. The Hall–Kier alpha value is -2.49. The number of ether oxygens (including phenoxy) is 2. The van der Waals surface area contributed by atoms with Crippen molar-refractivity contribution in [1.82, 2.24) is 0 Å². The van der Waals surface area contributed by atoms with Crippen molar-refractivity contribution in [2.75, 3.05) is 7.11 Å². The summed E-state index contributed by atoms with van der Waals surface area (Å²) in [7, 11) is 1.56. The number of nitrogens with one attached hydrogen (secondary N) is 1. The largest absolute Gasteiger partial charge is 0.496 e. The Balaban J connectivity index is 2.13. The van der Waals surface area contributed by atoms with Crippen molar-refractivity contribution in [2.45, 2.75) is 6.61 Å². The van der Waals surface area contributed by atoms with Gasteiger partial charge in [0.15, 0.2) is 0 Å². The number of para-hydroxylation sites is 1. The predicted octanol–water partition coefficient (Wildman–Crippen LogP) is 2.56. The van der Waals surface area contributed by atoms with Gasteiger partial charge in [0.2, 0.25) is 0 Å². The van der Waals surface area contributed by atoms with E-state index < -0.39 is 0 Å². The average Bonchev–Trinajstić information content (AvgIpc) is 2.46. The Kier molecular flexibility index (Phi) is 4.03. The highest BCUT2D eigenvalue weighted by Crippen LogP contribution is 2.20. The minimum Gasteiger partial charge on any atom is -0.496 e. The van der Waals surface area contributed by atoms with Gasteiger partial charge in [0.1, 0.15) is 23.9 Å². The van der Waals surface area contributed by atoms with Gasteiger partial charge in [-0.15, -0.1) is 0 Å². The van der Waals surface area contributed by atoms with E-state index in [1.807, 2.05) is 42.5 Å². The van der Waals surface area contributed by atoms with Gasteiger partial charge >= 0.3 is 0 Å². The van der Waals surface area contributed by atoms with Crippen LogP contribution in [-0.2, 0) is 6.61 Å². The highest BCUT2D eigenvalue weighted by molar-refractivity contribution is 5.97.